The molecule has 23 heavy (non-hydrogen) atoms. The number of hydrogen-bond donors (Lipinski definition) is 2. The molecule has 2 aromatic rings. The Labute approximate surface area is 151 Å². The Hall–Kier alpha value is -1.62. The van der Waals surface area contributed by atoms with Gasteiger partial charge in [0, 0.05) is 6.54 Å². The predicted molar refractivity (Wildman–Crippen MR) is 99.1 cm³/mol. The van der Waals surface area contributed by atoms with Gasteiger partial charge in [0.2, 0.25) is 5.91 Å². The second-order valence-corrected chi connectivity index (χ2v) is 6.27. The van der Waals surface area contributed by atoms with Gasteiger partial charge in [-0.2, -0.15) is 0 Å². The van der Waals surface area contributed by atoms with Crippen molar-refractivity contribution in [1.29, 1.82) is 0 Å². The number of carbonyl (C=O) groups is 1. The minimum Gasteiger partial charge on any atom is -0.374 e. The summed E-state index contributed by atoms with van der Waals surface area (Å²) >= 11 is 17.0. The van der Waals surface area contributed by atoms with Crippen molar-refractivity contribution in [2.75, 3.05) is 6.54 Å². The van der Waals surface area contributed by atoms with Crippen LogP contribution < -0.4 is 10.6 Å². The number of thiocarbonyl (C=S) groups is 1. The highest BCUT2D eigenvalue weighted by Gasteiger charge is 2.05. The Kier molecular flexibility index (Phi) is 6.84. The van der Waals surface area contributed by atoms with Gasteiger partial charge in [0.05, 0.1) is 28.0 Å². The highest BCUT2D eigenvalue weighted by molar-refractivity contribution is 7.80. The van der Waals surface area contributed by atoms with Crippen molar-refractivity contribution in [1.82, 2.24) is 10.6 Å². The van der Waals surface area contributed by atoms with Crippen LogP contribution >= 0.6 is 35.4 Å². The van der Waals surface area contributed by atoms with E-state index in [9.17, 15) is 4.79 Å². The quantitative estimate of drug-likeness (QED) is 0.764. The fourth-order valence-corrected chi connectivity index (χ4v) is 2.40. The molecule has 0 saturated heterocycles. The van der Waals surface area contributed by atoms with Gasteiger partial charge >= 0.3 is 0 Å². The average molecular weight is 367 g/mol. The highest BCUT2D eigenvalue weighted by atomic mass is 35.5. The van der Waals surface area contributed by atoms with E-state index in [0.29, 0.717) is 34.5 Å². The summed E-state index contributed by atoms with van der Waals surface area (Å²) in [6.45, 7) is 0.840. The van der Waals surface area contributed by atoms with Crippen molar-refractivity contribution in [2.24, 2.45) is 0 Å². The van der Waals surface area contributed by atoms with Crippen molar-refractivity contribution in [3.05, 3.63) is 69.7 Å². The molecule has 2 aromatic carbocycles. The van der Waals surface area contributed by atoms with E-state index in [2.05, 4.69) is 10.6 Å². The number of hydrogen-bond acceptors (Lipinski definition) is 2. The summed E-state index contributed by atoms with van der Waals surface area (Å²) in [5, 5.41) is 6.90. The Morgan fingerprint density at radius 2 is 1.70 bits per heavy atom. The molecule has 0 aliphatic rings. The van der Waals surface area contributed by atoms with Crippen LogP contribution in [0.25, 0.3) is 0 Å². The molecule has 6 heteroatoms. The summed E-state index contributed by atoms with van der Waals surface area (Å²) in [6, 6.07) is 15.0. The van der Waals surface area contributed by atoms with Crippen molar-refractivity contribution in [3.8, 4) is 0 Å². The standard InChI is InChI=1S/C17H16Cl2N2OS/c18-14-7-6-13(8-15(14)19)10-21-17(23)11-20-16(22)9-12-4-2-1-3-5-12/h1-8H,9-11H2,(H,20,22)(H,21,23). The van der Waals surface area contributed by atoms with Gasteiger partial charge in [-0.15, -0.1) is 0 Å². The summed E-state index contributed by atoms with van der Waals surface area (Å²) in [5.41, 5.74) is 1.94. The first-order valence-corrected chi connectivity index (χ1v) is 8.22. The summed E-state index contributed by atoms with van der Waals surface area (Å²) < 4.78 is 0. The third kappa shape index (κ3) is 6.18. The molecule has 2 N–H and O–H groups in total. The molecule has 0 saturated carbocycles. The SMILES string of the molecule is O=C(Cc1ccccc1)NCC(=S)NCc1ccc(Cl)c(Cl)c1. The minimum absolute atomic E-state index is 0.0603. The number of amides is 1. The van der Waals surface area contributed by atoms with E-state index in [-0.39, 0.29) is 5.91 Å². The van der Waals surface area contributed by atoms with Crippen LogP contribution in [0.1, 0.15) is 11.1 Å². The molecule has 0 heterocycles. The van der Waals surface area contributed by atoms with E-state index in [0.717, 1.165) is 11.1 Å². The summed E-state index contributed by atoms with van der Waals surface area (Å²) in [6.07, 6.45) is 0.343. The van der Waals surface area contributed by atoms with Crippen LogP contribution in [-0.4, -0.2) is 17.4 Å². The van der Waals surface area contributed by atoms with Crippen molar-refractivity contribution in [2.45, 2.75) is 13.0 Å². The van der Waals surface area contributed by atoms with Crippen LogP contribution in [0.5, 0.6) is 0 Å². The smallest absolute Gasteiger partial charge is 0.224 e. The van der Waals surface area contributed by atoms with Gasteiger partial charge < -0.3 is 10.6 Å². The number of carbonyl (C=O) groups excluding carboxylic acids is 1. The molecule has 0 aromatic heterocycles. The van der Waals surface area contributed by atoms with Crippen molar-refractivity contribution in [3.63, 3.8) is 0 Å². The van der Waals surface area contributed by atoms with Gasteiger partial charge in [-0.1, -0.05) is 71.8 Å². The van der Waals surface area contributed by atoms with Gasteiger partial charge in [-0.05, 0) is 23.3 Å². The molecular weight excluding hydrogens is 351 g/mol. The summed E-state index contributed by atoms with van der Waals surface area (Å²) in [4.78, 5) is 12.4. The van der Waals surface area contributed by atoms with Gasteiger partial charge in [0.1, 0.15) is 0 Å². The zero-order chi connectivity index (χ0) is 16.7. The first-order valence-electron chi connectivity index (χ1n) is 7.06. The second kappa shape index (κ2) is 8.87. The molecule has 0 aliphatic heterocycles. The van der Waals surface area contributed by atoms with Crippen LogP contribution in [0.15, 0.2) is 48.5 Å². The van der Waals surface area contributed by atoms with Crippen molar-refractivity contribution >= 4 is 46.3 Å². The van der Waals surface area contributed by atoms with E-state index in [1.807, 2.05) is 36.4 Å². The average Bonchev–Trinajstić information content (AvgIpc) is 2.55. The number of rotatable bonds is 6. The Bertz CT molecular complexity index is 692. The molecular formula is C17H16Cl2N2OS. The van der Waals surface area contributed by atoms with E-state index < -0.39 is 0 Å². The Balaban J connectivity index is 1.72. The van der Waals surface area contributed by atoms with Crippen LogP contribution in [0.4, 0.5) is 0 Å². The van der Waals surface area contributed by atoms with Crippen molar-refractivity contribution < 1.29 is 4.79 Å². The van der Waals surface area contributed by atoms with Crippen LogP contribution in [0, 0.1) is 0 Å². The molecule has 2 rings (SSSR count). The lowest BCUT2D eigenvalue weighted by Crippen LogP contribution is -2.36. The largest absolute Gasteiger partial charge is 0.374 e. The first-order chi connectivity index (χ1) is 11.0. The maximum atomic E-state index is 11.8. The van der Waals surface area contributed by atoms with E-state index in [4.69, 9.17) is 35.4 Å². The van der Waals surface area contributed by atoms with Crippen LogP contribution in [0.2, 0.25) is 10.0 Å². The topological polar surface area (TPSA) is 41.1 Å². The molecule has 0 atom stereocenters. The molecule has 0 bridgehead atoms. The lowest BCUT2D eigenvalue weighted by Gasteiger charge is -2.10. The number of halogens is 2. The van der Waals surface area contributed by atoms with Crippen LogP contribution in [-0.2, 0) is 17.8 Å². The fraction of sp³-hybridized carbons (Fsp3) is 0.176. The molecule has 0 radical (unpaired) electrons. The predicted octanol–water partition coefficient (Wildman–Crippen LogP) is 3.77. The fourth-order valence-electron chi connectivity index (χ4n) is 1.94. The van der Waals surface area contributed by atoms with Gasteiger partial charge in [0.25, 0.3) is 0 Å². The van der Waals surface area contributed by atoms with E-state index >= 15 is 0 Å². The second-order valence-electron chi connectivity index (χ2n) is 4.96. The zero-order valence-corrected chi connectivity index (χ0v) is 14.6. The Morgan fingerprint density at radius 1 is 0.957 bits per heavy atom. The Morgan fingerprint density at radius 3 is 2.39 bits per heavy atom. The molecule has 0 unspecified atom stereocenters. The lowest BCUT2D eigenvalue weighted by molar-refractivity contribution is -0.120. The molecule has 3 nitrogen and oxygen atoms in total. The maximum Gasteiger partial charge on any atom is 0.224 e. The zero-order valence-electron chi connectivity index (χ0n) is 12.3. The summed E-state index contributed by atoms with van der Waals surface area (Å²) in [5.74, 6) is -0.0603. The normalized spacial score (nSPS) is 10.2. The maximum absolute atomic E-state index is 11.8. The summed E-state index contributed by atoms with van der Waals surface area (Å²) in [7, 11) is 0. The molecule has 120 valence electrons. The van der Waals surface area contributed by atoms with Gasteiger partial charge in [-0.3, -0.25) is 4.79 Å². The third-order valence-electron chi connectivity index (χ3n) is 3.13. The molecule has 0 fully saturated rings. The third-order valence-corrected chi connectivity index (χ3v) is 4.16. The molecule has 1 amide bonds. The van der Waals surface area contributed by atoms with Crippen LogP contribution in [0.3, 0.4) is 0 Å². The van der Waals surface area contributed by atoms with Gasteiger partial charge in [-0.25, -0.2) is 0 Å². The molecule has 0 aliphatic carbocycles. The lowest BCUT2D eigenvalue weighted by atomic mass is 10.1. The first kappa shape index (κ1) is 17.7. The van der Waals surface area contributed by atoms with E-state index in [1.165, 1.54) is 0 Å². The minimum atomic E-state index is -0.0603. The van der Waals surface area contributed by atoms with Gasteiger partial charge in [0.15, 0.2) is 0 Å². The van der Waals surface area contributed by atoms with E-state index in [1.54, 1.807) is 12.1 Å². The number of nitrogens with one attached hydrogen (secondary N) is 2. The molecule has 0 spiro atoms. The number of benzene rings is 2. The monoisotopic (exact) mass is 366 g/mol. The highest BCUT2D eigenvalue weighted by Crippen LogP contribution is 2.22.